The predicted molar refractivity (Wildman–Crippen MR) is 41.3 cm³/mol. The molecule has 0 aromatic rings. The minimum Gasteiger partial charge on any atom is -0.307 e. The first-order valence-corrected chi connectivity index (χ1v) is 3.95. The van der Waals surface area contributed by atoms with Crippen LogP contribution in [0.15, 0.2) is 0 Å². The van der Waals surface area contributed by atoms with Crippen LogP contribution in [-0.2, 0) is 9.59 Å². The van der Waals surface area contributed by atoms with E-state index >= 15 is 0 Å². The SMILES string of the molecule is CC(=O)CC(=O)C1CCCN1. The lowest BCUT2D eigenvalue weighted by Crippen LogP contribution is -2.31. The van der Waals surface area contributed by atoms with Crippen LogP contribution in [0.2, 0.25) is 0 Å². The summed E-state index contributed by atoms with van der Waals surface area (Å²) in [4.78, 5) is 21.7. The Kier molecular flexibility index (Phi) is 2.76. The van der Waals surface area contributed by atoms with E-state index in [1.165, 1.54) is 6.92 Å². The van der Waals surface area contributed by atoms with Crippen LogP contribution in [0.5, 0.6) is 0 Å². The van der Waals surface area contributed by atoms with Gasteiger partial charge >= 0.3 is 0 Å². The molecule has 3 heteroatoms. The van der Waals surface area contributed by atoms with E-state index in [0.29, 0.717) is 0 Å². The standard InChI is InChI=1S/C8H13NO2/c1-6(10)5-8(11)7-3-2-4-9-7/h7,9H,2-5H2,1H3. The molecule has 0 spiro atoms. The lowest BCUT2D eigenvalue weighted by atomic mass is 10.1. The summed E-state index contributed by atoms with van der Waals surface area (Å²) in [7, 11) is 0. The average Bonchev–Trinajstić information content (AvgIpc) is 2.35. The molecule has 0 aromatic carbocycles. The molecule has 1 saturated heterocycles. The highest BCUT2D eigenvalue weighted by molar-refractivity contribution is 6.00. The molecule has 0 bridgehead atoms. The molecule has 1 aliphatic heterocycles. The largest absolute Gasteiger partial charge is 0.307 e. The number of ketones is 2. The van der Waals surface area contributed by atoms with Crippen molar-refractivity contribution in [2.75, 3.05) is 6.54 Å². The van der Waals surface area contributed by atoms with Gasteiger partial charge in [0.1, 0.15) is 5.78 Å². The summed E-state index contributed by atoms with van der Waals surface area (Å²) in [5.74, 6) is 0.0127. The van der Waals surface area contributed by atoms with Gasteiger partial charge in [-0.3, -0.25) is 9.59 Å². The molecule has 1 atom stereocenters. The molecule has 3 nitrogen and oxygen atoms in total. The number of Topliss-reactive ketones (excluding diaryl/α,β-unsaturated/α-hetero) is 2. The van der Waals surface area contributed by atoms with Crippen LogP contribution in [0, 0.1) is 0 Å². The number of carbonyl (C=O) groups excluding carboxylic acids is 2. The summed E-state index contributed by atoms with van der Waals surface area (Å²) < 4.78 is 0. The van der Waals surface area contributed by atoms with Gasteiger partial charge < -0.3 is 5.32 Å². The third-order valence-electron chi connectivity index (χ3n) is 1.87. The Balaban J connectivity index is 2.34. The van der Waals surface area contributed by atoms with E-state index in [2.05, 4.69) is 5.32 Å². The van der Waals surface area contributed by atoms with Crippen LogP contribution in [0.1, 0.15) is 26.2 Å². The van der Waals surface area contributed by atoms with E-state index < -0.39 is 0 Å². The highest BCUT2D eigenvalue weighted by Crippen LogP contribution is 2.07. The molecule has 1 N–H and O–H groups in total. The third-order valence-corrected chi connectivity index (χ3v) is 1.87. The quantitative estimate of drug-likeness (QED) is 0.596. The van der Waals surface area contributed by atoms with Crippen molar-refractivity contribution in [3.8, 4) is 0 Å². The van der Waals surface area contributed by atoms with Crippen molar-refractivity contribution < 1.29 is 9.59 Å². The summed E-state index contributed by atoms with van der Waals surface area (Å²) in [5.41, 5.74) is 0. The van der Waals surface area contributed by atoms with Crippen molar-refractivity contribution in [3.05, 3.63) is 0 Å². The van der Waals surface area contributed by atoms with Gasteiger partial charge in [-0.25, -0.2) is 0 Å². The average molecular weight is 155 g/mol. The van der Waals surface area contributed by atoms with E-state index in [0.717, 1.165) is 19.4 Å². The highest BCUT2D eigenvalue weighted by Gasteiger charge is 2.22. The van der Waals surface area contributed by atoms with Gasteiger partial charge in [-0.15, -0.1) is 0 Å². The fraction of sp³-hybridized carbons (Fsp3) is 0.750. The maximum absolute atomic E-state index is 11.2. The number of hydrogen-bond acceptors (Lipinski definition) is 3. The number of hydrogen-bond donors (Lipinski definition) is 1. The van der Waals surface area contributed by atoms with Gasteiger partial charge in [0.05, 0.1) is 12.5 Å². The first-order chi connectivity index (χ1) is 5.20. The summed E-state index contributed by atoms with van der Waals surface area (Å²) in [5, 5.41) is 3.06. The minimum absolute atomic E-state index is 0.0382. The van der Waals surface area contributed by atoms with Gasteiger partial charge in [0.2, 0.25) is 0 Å². The Morgan fingerprint density at radius 1 is 1.55 bits per heavy atom. The second-order valence-corrected chi connectivity index (χ2v) is 2.99. The van der Waals surface area contributed by atoms with Crippen LogP contribution in [-0.4, -0.2) is 24.2 Å². The molecule has 0 aromatic heterocycles. The number of nitrogens with one attached hydrogen (secondary N) is 1. The van der Waals surface area contributed by atoms with Crippen molar-refractivity contribution in [2.24, 2.45) is 0 Å². The molecule has 1 unspecified atom stereocenters. The maximum Gasteiger partial charge on any atom is 0.157 e. The van der Waals surface area contributed by atoms with Gasteiger partial charge in [0, 0.05) is 0 Å². The molecule has 1 aliphatic rings. The van der Waals surface area contributed by atoms with Crippen LogP contribution in [0.3, 0.4) is 0 Å². The molecular formula is C8H13NO2. The Morgan fingerprint density at radius 2 is 2.27 bits per heavy atom. The molecule has 0 aliphatic carbocycles. The first-order valence-electron chi connectivity index (χ1n) is 3.95. The number of rotatable bonds is 3. The molecule has 1 fully saturated rings. The molecule has 11 heavy (non-hydrogen) atoms. The number of carbonyl (C=O) groups is 2. The third kappa shape index (κ3) is 2.42. The zero-order valence-electron chi connectivity index (χ0n) is 6.72. The van der Waals surface area contributed by atoms with Gasteiger partial charge in [-0.2, -0.15) is 0 Å². The lowest BCUT2D eigenvalue weighted by molar-refractivity contribution is -0.126. The Hall–Kier alpha value is -0.700. The van der Waals surface area contributed by atoms with E-state index in [4.69, 9.17) is 0 Å². The van der Waals surface area contributed by atoms with Crippen molar-refractivity contribution in [1.82, 2.24) is 5.32 Å². The summed E-state index contributed by atoms with van der Waals surface area (Å²) in [6, 6.07) is -0.0427. The normalized spacial score (nSPS) is 23.5. The molecule has 0 saturated carbocycles. The van der Waals surface area contributed by atoms with Gasteiger partial charge in [-0.1, -0.05) is 0 Å². The van der Waals surface area contributed by atoms with Crippen LogP contribution >= 0.6 is 0 Å². The van der Waals surface area contributed by atoms with Crippen molar-refractivity contribution in [1.29, 1.82) is 0 Å². The van der Waals surface area contributed by atoms with Crippen molar-refractivity contribution in [3.63, 3.8) is 0 Å². The maximum atomic E-state index is 11.2. The Labute approximate surface area is 66.2 Å². The monoisotopic (exact) mass is 155 g/mol. The van der Waals surface area contributed by atoms with Gasteiger partial charge in [-0.05, 0) is 26.3 Å². The van der Waals surface area contributed by atoms with Crippen LogP contribution in [0.4, 0.5) is 0 Å². The molecule has 0 radical (unpaired) electrons. The van der Waals surface area contributed by atoms with E-state index in [1.54, 1.807) is 0 Å². The van der Waals surface area contributed by atoms with Crippen molar-refractivity contribution in [2.45, 2.75) is 32.2 Å². The summed E-state index contributed by atoms with van der Waals surface area (Å²) in [6.45, 7) is 2.36. The zero-order chi connectivity index (χ0) is 8.27. The molecule has 1 rings (SSSR count). The summed E-state index contributed by atoms with van der Waals surface area (Å²) >= 11 is 0. The van der Waals surface area contributed by atoms with E-state index in [-0.39, 0.29) is 24.0 Å². The van der Waals surface area contributed by atoms with Crippen LogP contribution < -0.4 is 5.32 Å². The first kappa shape index (κ1) is 8.40. The fourth-order valence-corrected chi connectivity index (χ4v) is 1.33. The van der Waals surface area contributed by atoms with E-state index in [9.17, 15) is 9.59 Å². The molecule has 1 heterocycles. The Bertz CT molecular complexity index is 171. The minimum atomic E-state index is -0.0427. The lowest BCUT2D eigenvalue weighted by Gasteiger charge is -2.05. The van der Waals surface area contributed by atoms with Gasteiger partial charge in [0.15, 0.2) is 5.78 Å². The van der Waals surface area contributed by atoms with E-state index in [1.807, 2.05) is 0 Å². The highest BCUT2D eigenvalue weighted by atomic mass is 16.1. The second kappa shape index (κ2) is 3.62. The molecule has 0 amide bonds. The van der Waals surface area contributed by atoms with Crippen molar-refractivity contribution >= 4 is 11.6 Å². The second-order valence-electron chi connectivity index (χ2n) is 2.99. The zero-order valence-corrected chi connectivity index (χ0v) is 6.72. The smallest absolute Gasteiger partial charge is 0.157 e. The molecular weight excluding hydrogens is 142 g/mol. The molecule has 62 valence electrons. The van der Waals surface area contributed by atoms with Crippen LogP contribution in [0.25, 0.3) is 0 Å². The predicted octanol–water partition coefficient (Wildman–Crippen LogP) is 0.287. The fourth-order valence-electron chi connectivity index (χ4n) is 1.33. The summed E-state index contributed by atoms with van der Waals surface area (Å²) in [6.07, 6.45) is 2.04. The topological polar surface area (TPSA) is 46.2 Å². The Morgan fingerprint density at radius 3 is 2.73 bits per heavy atom. The van der Waals surface area contributed by atoms with Gasteiger partial charge in [0.25, 0.3) is 0 Å².